The number of benzene rings is 1. The number of nitrogens with one attached hydrogen (secondary N) is 3. The first-order valence-electron chi connectivity index (χ1n) is 7.21. The number of hydrogen-bond acceptors (Lipinski definition) is 5. The van der Waals surface area contributed by atoms with Gasteiger partial charge in [-0.1, -0.05) is 18.2 Å². The first kappa shape index (κ1) is 20.3. The van der Waals surface area contributed by atoms with Crippen LogP contribution >= 0.6 is 0 Å². The average molecular weight is 361 g/mol. The number of rotatable bonds is 5. The lowest BCUT2D eigenvalue weighted by Crippen LogP contribution is -2.70. The average Bonchev–Trinajstić information content (AvgIpc) is 2.46. The summed E-state index contributed by atoms with van der Waals surface area (Å²) in [7, 11) is 0. The van der Waals surface area contributed by atoms with E-state index in [1.165, 1.54) is 37.4 Å². The van der Waals surface area contributed by atoms with Gasteiger partial charge in [0.15, 0.2) is 0 Å². The minimum Gasteiger partial charge on any atom is -0.463 e. The van der Waals surface area contributed by atoms with Crippen molar-refractivity contribution < 1.29 is 32.3 Å². The van der Waals surface area contributed by atoms with Crippen LogP contribution in [0.5, 0.6) is 0 Å². The monoisotopic (exact) mass is 361 g/mol. The van der Waals surface area contributed by atoms with Crippen molar-refractivity contribution in [1.29, 1.82) is 0 Å². The number of hydrogen-bond donors (Lipinski definition) is 3. The van der Waals surface area contributed by atoms with Gasteiger partial charge in [0, 0.05) is 12.6 Å². The van der Waals surface area contributed by atoms with Crippen molar-refractivity contribution >= 4 is 23.6 Å². The Labute approximate surface area is 141 Å². The van der Waals surface area contributed by atoms with Crippen molar-refractivity contribution in [3.05, 3.63) is 29.8 Å². The maximum Gasteiger partial charge on any atom is 0.441 e. The van der Waals surface area contributed by atoms with Gasteiger partial charge in [0.2, 0.25) is 5.91 Å². The first-order valence-corrected chi connectivity index (χ1v) is 7.21. The third-order valence-electron chi connectivity index (χ3n) is 3.06. The van der Waals surface area contributed by atoms with Gasteiger partial charge >= 0.3 is 23.8 Å². The largest absolute Gasteiger partial charge is 0.463 e. The van der Waals surface area contributed by atoms with Crippen molar-refractivity contribution in [2.24, 2.45) is 0 Å². The van der Waals surface area contributed by atoms with E-state index >= 15 is 0 Å². The van der Waals surface area contributed by atoms with Gasteiger partial charge in [0.25, 0.3) is 0 Å². The molecule has 0 saturated heterocycles. The number of carbonyl (C=O) groups excluding carboxylic acids is 3. The number of halogens is 3. The normalized spacial score (nSPS) is 13.4. The maximum atomic E-state index is 13.8. The Hall–Kier alpha value is -2.78. The van der Waals surface area contributed by atoms with Crippen molar-refractivity contribution in [1.82, 2.24) is 10.6 Å². The highest BCUT2D eigenvalue weighted by Crippen LogP contribution is 2.34. The second-order valence-corrected chi connectivity index (χ2v) is 5.04. The molecule has 1 rings (SSSR count). The summed E-state index contributed by atoms with van der Waals surface area (Å²) >= 11 is 0. The number of amides is 3. The number of esters is 1. The summed E-state index contributed by atoms with van der Waals surface area (Å²) in [6.45, 7) is 3.43. The molecule has 0 aromatic heterocycles. The molecule has 0 aliphatic heterocycles. The van der Waals surface area contributed by atoms with E-state index in [4.69, 9.17) is 0 Å². The highest BCUT2D eigenvalue weighted by Gasteiger charge is 2.63. The van der Waals surface area contributed by atoms with Crippen LogP contribution in [-0.4, -0.2) is 36.4 Å². The van der Waals surface area contributed by atoms with Crippen LogP contribution in [0.3, 0.4) is 0 Å². The summed E-state index contributed by atoms with van der Waals surface area (Å²) in [6, 6.07) is 4.37. The Morgan fingerprint density at radius 1 is 1.16 bits per heavy atom. The van der Waals surface area contributed by atoms with Crippen LogP contribution < -0.4 is 16.0 Å². The predicted molar refractivity (Wildman–Crippen MR) is 82.6 cm³/mol. The fourth-order valence-corrected chi connectivity index (χ4v) is 1.91. The van der Waals surface area contributed by atoms with Gasteiger partial charge in [-0.15, -0.1) is 0 Å². The number of carbonyl (C=O) groups is 3. The molecule has 0 radical (unpaired) electrons. The second kappa shape index (κ2) is 7.86. The number of imide groups is 1. The highest BCUT2D eigenvalue weighted by molar-refractivity contribution is 5.97. The van der Waals surface area contributed by atoms with Crippen molar-refractivity contribution in [3.8, 4) is 0 Å². The van der Waals surface area contributed by atoms with Crippen LogP contribution in [-0.2, 0) is 14.3 Å². The molecule has 0 heterocycles. The molecule has 3 amide bonds. The zero-order valence-electron chi connectivity index (χ0n) is 13.8. The van der Waals surface area contributed by atoms with Gasteiger partial charge < -0.3 is 10.1 Å². The molecule has 0 unspecified atom stereocenters. The van der Waals surface area contributed by atoms with Crippen LogP contribution in [0, 0.1) is 6.92 Å². The van der Waals surface area contributed by atoms with Crippen LogP contribution in [0.2, 0.25) is 0 Å². The quantitative estimate of drug-likeness (QED) is 0.551. The summed E-state index contributed by atoms with van der Waals surface area (Å²) in [6.07, 6.45) is -5.27. The molecule has 1 aromatic carbocycles. The molecule has 0 saturated carbocycles. The number of anilines is 1. The molecule has 0 spiro atoms. The Balaban J connectivity index is 3.39. The number of alkyl halides is 3. The van der Waals surface area contributed by atoms with E-state index in [1.807, 2.05) is 5.32 Å². The molecule has 7 nitrogen and oxygen atoms in total. The summed E-state index contributed by atoms with van der Waals surface area (Å²) in [5.41, 5.74) is -3.22. The van der Waals surface area contributed by atoms with Crippen LogP contribution in [0.1, 0.15) is 19.4 Å². The minimum absolute atomic E-state index is 0.0454. The van der Waals surface area contributed by atoms with E-state index in [0.29, 0.717) is 5.56 Å². The minimum atomic E-state index is -5.27. The van der Waals surface area contributed by atoms with E-state index in [9.17, 15) is 27.6 Å². The molecule has 25 heavy (non-hydrogen) atoms. The van der Waals surface area contributed by atoms with Gasteiger partial charge in [-0.25, -0.2) is 9.59 Å². The van der Waals surface area contributed by atoms with Gasteiger partial charge in [-0.3, -0.25) is 15.4 Å². The predicted octanol–water partition coefficient (Wildman–Crippen LogP) is 2.07. The summed E-state index contributed by atoms with van der Waals surface area (Å²) in [5.74, 6) is -2.65. The lowest BCUT2D eigenvalue weighted by Gasteiger charge is -2.35. The highest BCUT2D eigenvalue weighted by atomic mass is 19.4. The van der Waals surface area contributed by atoms with E-state index in [0.717, 1.165) is 6.92 Å². The molecule has 0 aliphatic rings. The van der Waals surface area contributed by atoms with Gasteiger partial charge in [-0.2, -0.15) is 13.2 Å². The molecule has 10 heteroatoms. The SMILES string of the molecule is CCOC(=O)[C@](NC(=O)NC(C)=O)(Nc1ccccc1C)C(F)(F)F. The van der Waals surface area contributed by atoms with Crippen molar-refractivity contribution in [3.63, 3.8) is 0 Å². The second-order valence-electron chi connectivity index (χ2n) is 5.04. The lowest BCUT2D eigenvalue weighted by atomic mass is 10.1. The number of para-hydroxylation sites is 1. The Morgan fingerprint density at radius 2 is 1.76 bits per heavy atom. The smallest absolute Gasteiger partial charge is 0.441 e. The van der Waals surface area contributed by atoms with Crippen LogP contribution in [0.4, 0.5) is 23.7 Å². The molecular formula is C15H18F3N3O4. The fourth-order valence-electron chi connectivity index (χ4n) is 1.91. The van der Waals surface area contributed by atoms with E-state index in [-0.39, 0.29) is 12.3 Å². The lowest BCUT2D eigenvalue weighted by molar-refractivity contribution is -0.204. The Kier molecular flexibility index (Phi) is 6.37. The number of aryl methyl sites for hydroxylation is 1. The molecule has 1 atom stereocenters. The zero-order valence-corrected chi connectivity index (χ0v) is 13.8. The molecule has 138 valence electrons. The molecule has 3 N–H and O–H groups in total. The molecule has 0 fully saturated rings. The summed E-state index contributed by atoms with van der Waals surface area (Å²) in [4.78, 5) is 34.7. The number of ether oxygens (including phenoxy) is 1. The Morgan fingerprint density at radius 3 is 2.24 bits per heavy atom. The van der Waals surface area contributed by atoms with Crippen molar-refractivity contribution in [2.75, 3.05) is 11.9 Å². The summed E-state index contributed by atoms with van der Waals surface area (Å²) in [5, 5.41) is 5.12. The fraction of sp³-hybridized carbons (Fsp3) is 0.400. The van der Waals surface area contributed by atoms with Gasteiger partial charge in [0.05, 0.1) is 6.61 Å². The van der Waals surface area contributed by atoms with Crippen molar-refractivity contribution in [2.45, 2.75) is 32.6 Å². The van der Waals surface area contributed by atoms with E-state index in [1.54, 1.807) is 11.4 Å². The first-order chi connectivity index (χ1) is 11.5. The number of urea groups is 1. The van der Waals surface area contributed by atoms with Crippen LogP contribution in [0.15, 0.2) is 24.3 Å². The van der Waals surface area contributed by atoms with Gasteiger partial charge in [0.1, 0.15) is 0 Å². The molecule has 0 aliphatic carbocycles. The summed E-state index contributed by atoms with van der Waals surface area (Å²) < 4.78 is 45.8. The molecule has 0 bridgehead atoms. The third kappa shape index (κ3) is 4.85. The standard InChI is InChI=1S/C15H18F3N3O4/c1-4-25-12(23)14(15(16,17)18,21-13(24)19-10(3)22)20-11-8-6-5-7-9(11)2/h5-8,20H,4H2,1-3H3,(H2,19,21,22,24)/t14-/m1/s1. The van der Waals surface area contributed by atoms with Gasteiger partial charge in [-0.05, 0) is 25.5 Å². The van der Waals surface area contributed by atoms with E-state index in [2.05, 4.69) is 4.74 Å². The maximum absolute atomic E-state index is 13.8. The zero-order chi connectivity index (χ0) is 19.3. The molecule has 1 aromatic rings. The molecular weight excluding hydrogens is 343 g/mol. The Bertz CT molecular complexity index is 664. The van der Waals surface area contributed by atoms with Crippen LogP contribution in [0.25, 0.3) is 0 Å². The topological polar surface area (TPSA) is 96.5 Å². The third-order valence-corrected chi connectivity index (χ3v) is 3.06. The van der Waals surface area contributed by atoms with E-state index < -0.39 is 29.7 Å².